The highest BCUT2D eigenvalue weighted by atomic mass is 35.5. The third kappa shape index (κ3) is 6.32. The van der Waals surface area contributed by atoms with E-state index >= 15 is 0 Å². The predicted molar refractivity (Wildman–Crippen MR) is 125 cm³/mol. The topological polar surface area (TPSA) is 65.4 Å². The maximum absolute atomic E-state index is 12.6. The van der Waals surface area contributed by atoms with Crippen LogP contribution in [0.2, 0.25) is 5.02 Å². The molecule has 0 saturated carbocycles. The van der Waals surface area contributed by atoms with E-state index in [4.69, 9.17) is 16.9 Å². The zero-order valence-corrected chi connectivity index (χ0v) is 19.2. The molecule has 0 bridgehead atoms. The summed E-state index contributed by atoms with van der Waals surface area (Å²) in [6, 6.07) is 21.2. The monoisotopic (exact) mass is 499 g/mol. The number of nitrogens with zero attached hydrogens (tertiary/aromatic N) is 2. The van der Waals surface area contributed by atoms with Crippen molar-refractivity contribution in [3.05, 3.63) is 100 Å². The molecule has 9 heteroatoms. The number of hydrogen-bond donors (Lipinski definition) is 1. The Balaban J connectivity index is 1.54. The molecule has 5 nitrogen and oxygen atoms in total. The number of nitriles is 1. The van der Waals surface area contributed by atoms with Crippen LogP contribution in [0.5, 0.6) is 5.75 Å². The fourth-order valence-corrected chi connectivity index (χ4v) is 4.34. The average molecular weight is 500 g/mol. The second kappa shape index (κ2) is 10.4. The van der Waals surface area contributed by atoms with Gasteiger partial charge in [0.05, 0.1) is 17.7 Å². The molecule has 0 aliphatic carbocycles. The van der Waals surface area contributed by atoms with Crippen molar-refractivity contribution in [1.82, 2.24) is 10.2 Å². The second-order valence-electron chi connectivity index (χ2n) is 8.21. The molecule has 4 rings (SSSR count). The Morgan fingerprint density at radius 3 is 2.20 bits per heavy atom. The third-order valence-electron chi connectivity index (χ3n) is 5.81. The van der Waals surface area contributed by atoms with Crippen molar-refractivity contribution in [2.45, 2.75) is 24.9 Å². The smallest absolute Gasteiger partial charge is 0.406 e. The number of amides is 1. The molecule has 0 aromatic heterocycles. The summed E-state index contributed by atoms with van der Waals surface area (Å²) in [5.41, 5.74) is 2.68. The molecule has 3 aromatic rings. The summed E-state index contributed by atoms with van der Waals surface area (Å²) in [4.78, 5) is 14.8. The first-order valence-electron chi connectivity index (χ1n) is 10.9. The van der Waals surface area contributed by atoms with E-state index in [1.54, 1.807) is 48.5 Å². The molecule has 1 fully saturated rings. The van der Waals surface area contributed by atoms with Crippen molar-refractivity contribution in [2.24, 2.45) is 0 Å². The number of rotatable bonds is 6. The summed E-state index contributed by atoms with van der Waals surface area (Å²) in [5, 5.41) is 12.7. The van der Waals surface area contributed by atoms with Crippen LogP contribution in [-0.4, -0.2) is 36.3 Å². The third-order valence-corrected chi connectivity index (χ3v) is 6.06. The summed E-state index contributed by atoms with van der Waals surface area (Å²) >= 11 is 5.90. The largest absolute Gasteiger partial charge is 0.573 e. The minimum Gasteiger partial charge on any atom is -0.406 e. The van der Waals surface area contributed by atoms with Gasteiger partial charge in [-0.2, -0.15) is 5.26 Å². The van der Waals surface area contributed by atoms with Crippen molar-refractivity contribution in [2.75, 3.05) is 13.1 Å². The number of carbonyl (C=O) groups excluding carboxylic acids is 1. The SMILES string of the molecule is N#Cc1ccc([C@H](c2ccc(OC(F)(F)F)cc2)N2CCC(NC(=O)c3ccc(Cl)cc3)C2)cc1. The number of alkyl halides is 3. The van der Waals surface area contributed by atoms with E-state index < -0.39 is 6.36 Å². The van der Waals surface area contributed by atoms with Crippen LogP contribution in [0.1, 0.15) is 39.5 Å². The van der Waals surface area contributed by atoms with Crippen LogP contribution in [0.4, 0.5) is 13.2 Å². The lowest BCUT2D eigenvalue weighted by atomic mass is 9.96. The van der Waals surface area contributed by atoms with Crippen LogP contribution in [0.3, 0.4) is 0 Å². The van der Waals surface area contributed by atoms with Crippen molar-refractivity contribution in [1.29, 1.82) is 5.26 Å². The Labute approximate surface area is 205 Å². The van der Waals surface area contributed by atoms with Gasteiger partial charge < -0.3 is 10.1 Å². The zero-order chi connectivity index (χ0) is 25.0. The molecule has 1 heterocycles. The minimum absolute atomic E-state index is 0.105. The molecule has 0 radical (unpaired) electrons. The molecule has 35 heavy (non-hydrogen) atoms. The summed E-state index contributed by atoms with van der Waals surface area (Å²) in [5.74, 6) is -0.494. The van der Waals surface area contributed by atoms with Crippen LogP contribution >= 0.6 is 11.6 Å². The van der Waals surface area contributed by atoms with Gasteiger partial charge in [-0.3, -0.25) is 9.69 Å². The summed E-state index contributed by atoms with van der Waals surface area (Å²) in [7, 11) is 0. The lowest BCUT2D eigenvalue weighted by Crippen LogP contribution is -2.38. The molecular weight excluding hydrogens is 479 g/mol. The van der Waals surface area contributed by atoms with E-state index in [2.05, 4.69) is 21.0 Å². The van der Waals surface area contributed by atoms with Crippen molar-refractivity contribution in [3.63, 3.8) is 0 Å². The molecule has 180 valence electrons. The fraction of sp³-hybridized carbons (Fsp3) is 0.231. The van der Waals surface area contributed by atoms with E-state index in [-0.39, 0.29) is 23.7 Å². The molecule has 0 spiro atoms. The molecule has 1 N–H and O–H groups in total. The van der Waals surface area contributed by atoms with Gasteiger partial charge in [0.25, 0.3) is 5.91 Å². The molecular formula is C26H21ClF3N3O2. The van der Waals surface area contributed by atoms with E-state index in [1.807, 2.05) is 12.1 Å². The van der Waals surface area contributed by atoms with Crippen molar-refractivity contribution < 1.29 is 22.7 Å². The van der Waals surface area contributed by atoms with Gasteiger partial charge >= 0.3 is 6.36 Å². The first kappa shape index (κ1) is 24.6. The Morgan fingerprint density at radius 1 is 1.03 bits per heavy atom. The number of hydrogen-bond acceptors (Lipinski definition) is 4. The lowest BCUT2D eigenvalue weighted by molar-refractivity contribution is -0.274. The van der Waals surface area contributed by atoms with Gasteiger partial charge in [0.15, 0.2) is 0 Å². The minimum atomic E-state index is -4.77. The number of likely N-dealkylation sites (tertiary alicyclic amines) is 1. The molecule has 1 saturated heterocycles. The number of ether oxygens (including phenoxy) is 1. The normalized spacial score (nSPS) is 16.9. The molecule has 1 amide bonds. The molecule has 1 aliphatic heterocycles. The first-order valence-corrected chi connectivity index (χ1v) is 11.3. The quantitative estimate of drug-likeness (QED) is 0.472. The highest BCUT2D eigenvalue weighted by Gasteiger charge is 2.33. The van der Waals surface area contributed by atoms with Gasteiger partial charge in [-0.25, -0.2) is 0 Å². The standard InChI is InChI=1S/C26H21ClF3N3O2/c27-21-9-5-20(6-10-21)25(34)32-22-13-14-33(16-22)24(18-3-1-17(15-31)2-4-18)19-7-11-23(12-8-19)35-26(28,29)30/h1-12,22,24H,13-14,16H2,(H,32,34)/t22?,24-/m1/s1. The summed E-state index contributed by atoms with van der Waals surface area (Å²) in [6.45, 7) is 1.21. The Kier molecular flexibility index (Phi) is 7.29. The van der Waals surface area contributed by atoms with Crippen molar-refractivity contribution >= 4 is 17.5 Å². The predicted octanol–water partition coefficient (Wildman–Crippen LogP) is 5.70. The van der Waals surface area contributed by atoms with Crippen LogP contribution in [0.15, 0.2) is 72.8 Å². The van der Waals surface area contributed by atoms with Gasteiger partial charge in [0.2, 0.25) is 0 Å². The van der Waals surface area contributed by atoms with Crippen LogP contribution in [-0.2, 0) is 0 Å². The van der Waals surface area contributed by atoms with E-state index in [0.717, 1.165) is 11.1 Å². The number of nitrogens with one attached hydrogen (secondary N) is 1. The maximum Gasteiger partial charge on any atom is 0.573 e. The highest BCUT2D eigenvalue weighted by molar-refractivity contribution is 6.30. The first-order chi connectivity index (χ1) is 16.7. The van der Waals surface area contributed by atoms with Gasteiger partial charge in [-0.15, -0.1) is 13.2 Å². The van der Waals surface area contributed by atoms with Crippen LogP contribution in [0, 0.1) is 11.3 Å². The van der Waals surface area contributed by atoms with Gasteiger partial charge in [0, 0.05) is 29.7 Å². The number of halogens is 4. The Hall–Kier alpha value is -3.54. The van der Waals surface area contributed by atoms with Gasteiger partial charge in [-0.1, -0.05) is 35.9 Å². The molecule has 3 aromatic carbocycles. The maximum atomic E-state index is 12.6. The van der Waals surface area contributed by atoms with E-state index in [0.29, 0.717) is 35.7 Å². The van der Waals surface area contributed by atoms with Crippen LogP contribution in [0.25, 0.3) is 0 Å². The fourth-order valence-electron chi connectivity index (χ4n) is 4.22. The second-order valence-corrected chi connectivity index (χ2v) is 8.65. The Bertz CT molecular complexity index is 1210. The van der Waals surface area contributed by atoms with Gasteiger partial charge in [0.1, 0.15) is 5.75 Å². The highest BCUT2D eigenvalue weighted by Crippen LogP contribution is 2.33. The average Bonchev–Trinajstić information content (AvgIpc) is 3.28. The van der Waals surface area contributed by atoms with E-state index in [9.17, 15) is 18.0 Å². The summed E-state index contributed by atoms with van der Waals surface area (Å²) < 4.78 is 41.7. The van der Waals surface area contributed by atoms with E-state index in [1.165, 1.54) is 12.1 Å². The number of carbonyl (C=O) groups is 1. The molecule has 1 aliphatic rings. The lowest BCUT2D eigenvalue weighted by Gasteiger charge is -2.29. The molecule has 1 unspecified atom stereocenters. The van der Waals surface area contributed by atoms with Gasteiger partial charge in [-0.05, 0) is 66.1 Å². The van der Waals surface area contributed by atoms with Crippen molar-refractivity contribution in [3.8, 4) is 11.8 Å². The Morgan fingerprint density at radius 2 is 1.63 bits per heavy atom. The zero-order valence-electron chi connectivity index (χ0n) is 18.4. The summed E-state index contributed by atoms with van der Waals surface area (Å²) in [6.07, 6.45) is -4.06. The molecule has 2 atom stereocenters. The number of benzene rings is 3. The van der Waals surface area contributed by atoms with Crippen LogP contribution < -0.4 is 10.1 Å².